The van der Waals surface area contributed by atoms with Crippen LogP contribution in [0.4, 0.5) is 4.79 Å². The van der Waals surface area contributed by atoms with Crippen molar-refractivity contribution in [3.8, 4) is 0 Å². The summed E-state index contributed by atoms with van der Waals surface area (Å²) < 4.78 is 16.8. The summed E-state index contributed by atoms with van der Waals surface area (Å²) in [5, 5.41) is 0. The fourth-order valence-corrected chi connectivity index (χ4v) is 4.33. The normalized spacial score (nSPS) is 20.4. The Bertz CT molecular complexity index is 1100. The third kappa shape index (κ3) is 7.79. The zero-order valence-corrected chi connectivity index (χ0v) is 23.4. The van der Waals surface area contributed by atoms with Gasteiger partial charge in [0, 0.05) is 17.6 Å². The largest absolute Gasteiger partial charge is 0.460 e. The molecule has 0 unspecified atom stereocenters. The van der Waals surface area contributed by atoms with Crippen molar-refractivity contribution >= 4 is 23.8 Å². The number of hydrogen-bond acceptors (Lipinski definition) is 7. The first-order valence-electron chi connectivity index (χ1n) is 13.1. The van der Waals surface area contributed by atoms with E-state index in [1.165, 1.54) is 4.90 Å². The molecular weight excluding hydrogens is 486 g/mol. The number of amides is 1. The topological polar surface area (TPSA) is 99.2 Å². The van der Waals surface area contributed by atoms with Crippen LogP contribution in [0.15, 0.2) is 48.1 Å². The number of ether oxygens (including phenoxy) is 3. The van der Waals surface area contributed by atoms with Gasteiger partial charge in [-0.2, -0.15) is 0 Å². The second-order valence-corrected chi connectivity index (χ2v) is 11.8. The van der Waals surface area contributed by atoms with Crippen LogP contribution >= 0.6 is 0 Å². The molecule has 8 nitrogen and oxygen atoms in total. The van der Waals surface area contributed by atoms with Gasteiger partial charge in [0.25, 0.3) is 0 Å². The molecule has 0 saturated carbocycles. The van der Waals surface area contributed by atoms with Crippen LogP contribution in [0.1, 0.15) is 89.6 Å². The van der Waals surface area contributed by atoms with E-state index in [0.29, 0.717) is 17.5 Å². The average Bonchev–Trinajstić information content (AvgIpc) is 3.26. The minimum atomic E-state index is -0.934. The number of allylic oxidation sites excluding steroid dienone is 4. The highest BCUT2D eigenvalue weighted by molar-refractivity contribution is 6.09. The molecule has 1 aromatic rings. The number of Topliss-reactive ketones (excluding diaryl/α,β-unsaturated/α-hetero) is 1. The SMILES string of the molecule is C[C@H](C(=O)O[C@@H]1C[C@@H](C(=O)OC(C)(C)C)N(C(=O)OC(C)(C)C)C1)c1cccc(C(=O)C2=CC=CCC2)c1. The van der Waals surface area contributed by atoms with Crippen LogP contribution in [0.2, 0.25) is 0 Å². The molecular formula is C30H39NO7. The first-order valence-corrected chi connectivity index (χ1v) is 13.1. The third-order valence-electron chi connectivity index (χ3n) is 6.16. The maximum atomic E-state index is 13.1. The van der Waals surface area contributed by atoms with Gasteiger partial charge < -0.3 is 14.2 Å². The maximum Gasteiger partial charge on any atom is 0.411 e. The second kappa shape index (κ2) is 11.5. The van der Waals surface area contributed by atoms with E-state index in [9.17, 15) is 19.2 Å². The van der Waals surface area contributed by atoms with Gasteiger partial charge >= 0.3 is 18.0 Å². The summed E-state index contributed by atoms with van der Waals surface area (Å²) in [4.78, 5) is 53.1. The van der Waals surface area contributed by atoms with Crippen molar-refractivity contribution in [2.75, 3.05) is 6.54 Å². The predicted molar refractivity (Wildman–Crippen MR) is 143 cm³/mol. The Morgan fingerprint density at radius 1 is 1.00 bits per heavy atom. The fraction of sp³-hybridized carbons (Fsp3) is 0.533. The lowest BCUT2D eigenvalue weighted by atomic mass is 9.93. The molecule has 1 heterocycles. The number of ketones is 1. The zero-order chi connectivity index (χ0) is 28.3. The van der Waals surface area contributed by atoms with Crippen molar-refractivity contribution in [3.05, 3.63) is 59.2 Å². The van der Waals surface area contributed by atoms with E-state index in [-0.39, 0.29) is 18.7 Å². The number of rotatable bonds is 6. The van der Waals surface area contributed by atoms with Crippen molar-refractivity contribution < 1.29 is 33.4 Å². The minimum Gasteiger partial charge on any atom is -0.460 e. The molecule has 206 valence electrons. The number of esters is 2. The lowest BCUT2D eigenvalue weighted by Gasteiger charge is -2.29. The number of nitrogens with zero attached hydrogens (tertiary/aromatic N) is 1. The molecule has 2 aliphatic rings. The van der Waals surface area contributed by atoms with Gasteiger partial charge in [0.1, 0.15) is 23.3 Å². The van der Waals surface area contributed by atoms with Crippen molar-refractivity contribution in [2.45, 2.75) is 97.0 Å². The van der Waals surface area contributed by atoms with Gasteiger partial charge in [0.05, 0.1) is 12.5 Å². The van der Waals surface area contributed by atoms with E-state index in [1.54, 1.807) is 72.7 Å². The molecule has 1 aliphatic carbocycles. The number of carbonyl (C=O) groups is 4. The van der Waals surface area contributed by atoms with Gasteiger partial charge in [-0.25, -0.2) is 9.59 Å². The minimum absolute atomic E-state index is 0.0114. The highest BCUT2D eigenvalue weighted by Crippen LogP contribution is 2.28. The van der Waals surface area contributed by atoms with E-state index >= 15 is 0 Å². The van der Waals surface area contributed by atoms with E-state index in [4.69, 9.17) is 14.2 Å². The van der Waals surface area contributed by atoms with Gasteiger partial charge in [0.15, 0.2) is 5.78 Å². The molecule has 0 bridgehead atoms. The number of benzene rings is 1. The van der Waals surface area contributed by atoms with E-state index in [2.05, 4.69) is 0 Å². The van der Waals surface area contributed by atoms with Crippen molar-refractivity contribution in [2.24, 2.45) is 0 Å². The van der Waals surface area contributed by atoms with Crippen molar-refractivity contribution in [1.82, 2.24) is 4.90 Å². The Kier molecular flexibility index (Phi) is 8.85. The van der Waals surface area contributed by atoms with E-state index < -0.39 is 47.3 Å². The van der Waals surface area contributed by atoms with Gasteiger partial charge in [-0.1, -0.05) is 36.4 Å². The molecule has 3 atom stereocenters. The van der Waals surface area contributed by atoms with Crippen LogP contribution in [0.3, 0.4) is 0 Å². The Labute approximate surface area is 225 Å². The fourth-order valence-electron chi connectivity index (χ4n) is 4.33. The summed E-state index contributed by atoms with van der Waals surface area (Å²) >= 11 is 0. The summed E-state index contributed by atoms with van der Waals surface area (Å²) in [6.45, 7) is 12.2. The van der Waals surface area contributed by atoms with Gasteiger partial charge in [-0.05, 0) is 72.9 Å². The molecule has 1 aliphatic heterocycles. The molecule has 0 N–H and O–H groups in total. The van der Waals surface area contributed by atoms with Crippen LogP contribution < -0.4 is 0 Å². The van der Waals surface area contributed by atoms with Crippen molar-refractivity contribution in [3.63, 3.8) is 0 Å². The summed E-state index contributed by atoms with van der Waals surface area (Å²) in [5.41, 5.74) is 0.405. The summed E-state index contributed by atoms with van der Waals surface area (Å²) in [6, 6.07) is 6.06. The molecule has 1 saturated heterocycles. The molecule has 1 amide bonds. The predicted octanol–water partition coefficient (Wildman–Crippen LogP) is 5.51. The van der Waals surface area contributed by atoms with E-state index in [1.807, 2.05) is 18.2 Å². The second-order valence-electron chi connectivity index (χ2n) is 11.8. The monoisotopic (exact) mass is 525 g/mol. The van der Waals surface area contributed by atoms with Crippen LogP contribution in [0.5, 0.6) is 0 Å². The molecule has 0 aromatic heterocycles. The maximum absolute atomic E-state index is 13.1. The summed E-state index contributed by atoms with van der Waals surface area (Å²) in [6.07, 6.45) is 5.97. The van der Waals surface area contributed by atoms with Gasteiger partial charge in [-0.3, -0.25) is 14.5 Å². The van der Waals surface area contributed by atoms with Crippen LogP contribution in [0.25, 0.3) is 0 Å². The molecule has 3 rings (SSSR count). The molecule has 8 heteroatoms. The third-order valence-corrected chi connectivity index (χ3v) is 6.16. The molecule has 1 aromatic carbocycles. The quantitative estimate of drug-likeness (QED) is 0.274. The standard InChI is InChI=1S/C30H39NO7/c1-19(21-14-11-15-22(16-21)25(32)20-12-9-8-10-13-20)26(33)36-23-17-24(27(34)37-29(2,3)4)31(18-23)28(35)38-30(5,6)7/h8-9,11-12,14-16,19,23-24H,10,13,17-18H2,1-7H3/t19-,23+,24-/m0/s1. The van der Waals surface area contributed by atoms with E-state index in [0.717, 1.165) is 12.0 Å². The lowest BCUT2D eigenvalue weighted by Crippen LogP contribution is -2.45. The molecule has 38 heavy (non-hydrogen) atoms. The number of hydrogen-bond donors (Lipinski definition) is 0. The van der Waals surface area contributed by atoms with Crippen LogP contribution in [-0.2, 0) is 23.8 Å². The lowest BCUT2D eigenvalue weighted by molar-refractivity contribution is -0.160. The Morgan fingerprint density at radius 3 is 2.29 bits per heavy atom. The van der Waals surface area contributed by atoms with Crippen LogP contribution in [0, 0.1) is 0 Å². The van der Waals surface area contributed by atoms with Gasteiger partial charge in [-0.15, -0.1) is 0 Å². The Balaban J connectivity index is 1.72. The first-order chi connectivity index (χ1) is 17.6. The van der Waals surface area contributed by atoms with Gasteiger partial charge in [0.2, 0.25) is 0 Å². The molecule has 1 fully saturated rings. The van der Waals surface area contributed by atoms with Crippen molar-refractivity contribution in [1.29, 1.82) is 0 Å². The number of likely N-dealkylation sites (tertiary alicyclic amines) is 1. The highest BCUT2D eigenvalue weighted by atomic mass is 16.6. The van der Waals surface area contributed by atoms with Crippen LogP contribution in [-0.4, -0.2) is 58.6 Å². The average molecular weight is 526 g/mol. The first kappa shape index (κ1) is 29.1. The number of carbonyl (C=O) groups excluding carboxylic acids is 4. The zero-order valence-electron chi connectivity index (χ0n) is 23.4. The smallest absolute Gasteiger partial charge is 0.411 e. The molecule has 0 radical (unpaired) electrons. The Morgan fingerprint density at radius 2 is 1.68 bits per heavy atom. The summed E-state index contributed by atoms with van der Waals surface area (Å²) in [5.74, 6) is -1.79. The highest BCUT2D eigenvalue weighted by Gasteiger charge is 2.45. The molecule has 0 spiro atoms. The summed E-state index contributed by atoms with van der Waals surface area (Å²) in [7, 11) is 0. The Hall–Kier alpha value is -3.42.